The molecule has 3 nitrogen and oxygen atoms in total. The van der Waals surface area contributed by atoms with Crippen molar-refractivity contribution in [3.8, 4) is 0 Å². The first kappa shape index (κ1) is 12.4. The highest BCUT2D eigenvalue weighted by molar-refractivity contribution is 5.79. The van der Waals surface area contributed by atoms with Crippen LogP contribution in [0.3, 0.4) is 0 Å². The van der Waals surface area contributed by atoms with E-state index in [2.05, 4.69) is 4.90 Å². The quantitative estimate of drug-likeness (QED) is 0.672. The third-order valence-corrected chi connectivity index (χ3v) is 2.35. The summed E-state index contributed by atoms with van der Waals surface area (Å²) in [7, 11) is 1.97. The van der Waals surface area contributed by atoms with E-state index in [1.165, 1.54) is 12.8 Å². The van der Waals surface area contributed by atoms with Crippen molar-refractivity contribution in [3.63, 3.8) is 0 Å². The predicted octanol–water partition coefficient (Wildman–Crippen LogP) is 1.37. The molecule has 0 bridgehead atoms. The summed E-state index contributed by atoms with van der Waals surface area (Å²) in [6.07, 6.45) is 4.50. The molecule has 78 valence electrons. The maximum Gasteiger partial charge on any atom is 0.234 e. The van der Waals surface area contributed by atoms with Crippen molar-refractivity contribution in [2.75, 3.05) is 13.6 Å². The second-order valence-electron chi connectivity index (χ2n) is 3.25. The number of likely N-dealkylation sites (N-methyl/N-ethyl adjacent to an activating group) is 1. The predicted molar refractivity (Wildman–Crippen MR) is 55.4 cm³/mol. The van der Waals surface area contributed by atoms with E-state index < -0.39 is 0 Å². The molecule has 1 heterocycles. The Labute approximate surface area is 81.3 Å². The van der Waals surface area contributed by atoms with Crippen molar-refractivity contribution >= 4 is 5.91 Å². The van der Waals surface area contributed by atoms with Gasteiger partial charge in [0, 0.05) is 0 Å². The van der Waals surface area contributed by atoms with Gasteiger partial charge >= 0.3 is 0 Å². The van der Waals surface area contributed by atoms with E-state index >= 15 is 0 Å². The van der Waals surface area contributed by atoms with Gasteiger partial charge in [-0.3, -0.25) is 9.69 Å². The summed E-state index contributed by atoms with van der Waals surface area (Å²) in [5, 5.41) is 0. The lowest BCUT2D eigenvalue weighted by molar-refractivity contribution is -0.122. The SMILES string of the molecule is CC.CN1CCCCCC1C(N)=O. The molecule has 1 unspecified atom stereocenters. The summed E-state index contributed by atoms with van der Waals surface area (Å²) < 4.78 is 0. The first-order valence-electron chi connectivity index (χ1n) is 5.21. The monoisotopic (exact) mass is 186 g/mol. The van der Waals surface area contributed by atoms with Gasteiger partial charge in [0.1, 0.15) is 0 Å². The second-order valence-corrected chi connectivity index (χ2v) is 3.25. The smallest absolute Gasteiger partial charge is 0.234 e. The molecule has 2 N–H and O–H groups in total. The minimum Gasteiger partial charge on any atom is -0.368 e. The molecule has 0 aromatic heterocycles. The molecular weight excluding hydrogens is 164 g/mol. The van der Waals surface area contributed by atoms with Gasteiger partial charge in [0.25, 0.3) is 0 Å². The Morgan fingerprint density at radius 2 is 1.92 bits per heavy atom. The van der Waals surface area contributed by atoms with E-state index in [9.17, 15) is 4.79 Å². The van der Waals surface area contributed by atoms with Gasteiger partial charge in [-0.2, -0.15) is 0 Å². The van der Waals surface area contributed by atoms with Crippen molar-refractivity contribution in [2.24, 2.45) is 5.73 Å². The van der Waals surface area contributed by atoms with Gasteiger partial charge in [0.2, 0.25) is 5.91 Å². The van der Waals surface area contributed by atoms with Crippen LogP contribution in [0, 0.1) is 0 Å². The summed E-state index contributed by atoms with van der Waals surface area (Å²) >= 11 is 0. The first-order chi connectivity index (χ1) is 6.22. The van der Waals surface area contributed by atoms with Gasteiger partial charge in [0.05, 0.1) is 6.04 Å². The lowest BCUT2D eigenvalue weighted by Gasteiger charge is -2.21. The third kappa shape index (κ3) is 4.27. The average molecular weight is 186 g/mol. The normalized spacial score (nSPS) is 24.1. The number of carbonyl (C=O) groups is 1. The Bertz CT molecular complexity index is 148. The lowest BCUT2D eigenvalue weighted by atomic mass is 10.1. The molecule has 0 aromatic rings. The van der Waals surface area contributed by atoms with Crippen LogP contribution < -0.4 is 5.73 Å². The van der Waals surface area contributed by atoms with Crippen molar-refractivity contribution in [1.82, 2.24) is 4.90 Å². The van der Waals surface area contributed by atoms with Crippen LogP contribution in [0.15, 0.2) is 0 Å². The van der Waals surface area contributed by atoms with Gasteiger partial charge in [-0.15, -0.1) is 0 Å². The largest absolute Gasteiger partial charge is 0.368 e. The summed E-state index contributed by atoms with van der Waals surface area (Å²) in [5.74, 6) is -0.172. The number of likely N-dealkylation sites (tertiary alicyclic amines) is 1. The topological polar surface area (TPSA) is 46.3 Å². The zero-order valence-corrected chi connectivity index (χ0v) is 9.05. The average Bonchev–Trinajstić information content (AvgIpc) is 2.33. The van der Waals surface area contributed by atoms with Crippen molar-refractivity contribution in [2.45, 2.75) is 45.6 Å². The zero-order valence-electron chi connectivity index (χ0n) is 9.05. The minimum atomic E-state index is -0.172. The van der Waals surface area contributed by atoms with Crippen LogP contribution in [0.5, 0.6) is 0 Å². The molecule has 3 heteroatoms. The van der Waals surface area contributed by atoms with E-state index in [1.807, 2.05) is 20.9 Å². The second kappa shape index (κ2) is 6.89. The molecular formula is C10H22N2O. The molecule has 0 spiro atoms. The minimum absolute atomic E-state index is 0.0162. The molecule has 0 radical (unpaired) electrons. The van der Waals surface area contributed by atoms with E-state index in [1.54, 1.807) is 0 Å². The summed E-state index contributed by atoms with van der Waals surface area (Å²) in [4.78, 5) is 13.0. The molecule has 0 saturated carbocycles. The van der Waals surface area contributed by atoms with E-state index in [4.69, 9.17) is 5.73 Å². The Kier molecular flexibility index (Phi) is 6.59. The summed E-state index contributed by atoms with van der Waals surface area (Å²) in [6, 6.07) is -0.0162. The van der Waals surface area contributed by atoms with Crippen LogP contribution in [0.4, 0.5) is 0 Å². The number of rotatable bonds is 1. The molecule has 1 atom stereocenters. The molecule has 1 amide bonds. The van der Waals surface area contributed by atoms with E-state index in [-0.39, 0.29) is 11.9 Å². The highest BCUT2D eigenvalue weighted by Crippen LogP contribution is 2.14. The van der Waals surface area contributed by atoms with Crippen LogP contribution >= 0.6 is 0 Å². The number of carbonyl (C=O) groups excluding carboxylic acids is 1. The highest BCUT2D eigenvalue weighted by atomic mass is 16.1. The molecule has 1 aliphatic rings. The lowest BCUT2D eigenvalue weighted by Crippen LogP contribution is -2.41. The van der Waals surface area contributed by atoms with Crippen LogP contribution in [-0.2, 0) is 4.79 Å². The number of hydrogen-bond donors (Lipinski definition) is 1. The van der Waals surface area contributed by atoms with Gasteiger partial charge in [0.15, 0.2) is 0 Å². The Balaban J connectivity index is 0.000000671. The molecule has 1 fully saturated rings. The standard InChI is InChI=1S/C8H16N2O.C2H6/c1-10-6-4-2-3-5-7(10)8(9)11;1-2/h7H,2-6H2,1H3,(H2,9,11);1-2H3. The van der Waals surface area contributed by atoms with E-state index in [0.717, 1.165) is 19.4 Å². The van der Waals surface area contributed by atoms with Gasteiger partial charge in [-0.25, -0.2) is 0 Å². The number of nitrogens with two attached hydrogens (primary N) is 1. The van der Waals surface area contributed by atoms with Crippen molar-refractivity contribution in [3.05, 3.63) is 0 Å². The van der Waals surface area contributed by atoms with Crippen molar-refractivity contribution < 1.29 is 4.79 Å². The number of amides is 1. The molecule has 0 aliphatic carbocycles. The van der Waals surface area contributed by atoms with Gasteiger partial charge in [-0.1, -0.05) is 26.7 Å². The third-order valence-electron chi connectivity index (χ3n) is 2.35. The number of hydrogen-bond acceptors (Lipinski definition) is 2. The van der Waals surface area contributed by atoms with E-state index in [0.29, 0.717) is 0 Å². The van der Waals surface area contributed by atoms with Crippen molar-refractivity contribution in [1.29, 1.82) is 0 Å². The summed E-state index contributed by atoms with van der Waals surface area (Å²) in [5.41, 5.74) is 5.25. The van der Waals surface area contributed by atoms with Crippen LogP contribution in [-0.4, -0.2) is 30.4 Å². The zero-order chi connectivity index (χ0) is 10.3. The summed E-state index contributed by atoms with van der Waals surface area (Å²) in [6.45, 7) is 5.01. The molecule has 1 saturated heterocycles. The Morgan fingerprint density at radius 3 is 2.46 bits per heavy atom. The molecule has 0 aromatic carbocycles. The molecule has 1 rings (SSSR count). The van der Waals surface area contributed by atoms with Crippen LogP contribution in [0.1, 0.15) is 39.5 Å². The molecule has 1 aliphatic heterocycles. The highest BCUT2D eigenvalue weighted by Gasteiger charge is 2.21. The molecule has 13 heavy (non-hydrogen) atoms. The first-order valence-corrected chi connectivity index (χ1v) is 5.21. The fraction of sp³-hybridized carbons (Fsp3) is 0.900. The van der Waals surface area contributed by atoms with Gasteiger partial charge < -0.3 is 5.73 Å². The maximum absolute atomic E-state index is 10.9. The fourth-order valence-corrected chi connectivity index (χ4v) is 1.61. The maximum atomic E-state index is 10.9. The van der Waals surface area contributed by atoms with Crippen LogP contribution in [0.25, 0.3) is 0 Å². The number of primary amides is 1. The fourth-order valence-electron chi connectivity index (χ4n) is 1.61. The Hall–Kier alpha value is -0.570. The van der Waals surface area contributed by atoms with Crippen LogP contribution in [0.2, 0.25) is 0 Å². The number of nitrogens with zero attached hydrogens (tertiary/aromatic N) is 1. The van der Waals surface area contributed by atoms with Gasteiger partial charge in [-0.05, 0) is 26.4 Å². The Morgan fingerprint density at radius 1 is 1.31 bits per heavy atom.